The summed E-state index contributed by atoms with van der Waals surface area (Å²) in [5.41, 5.74) is 2.92. The van der Waals surface area contributed by atoms with Crippen molar-refractivity contribution < 1.29 is 22.5 Å². The Morgan fingerprint density at radius 1 is 1.09 bits per heavy atom. The van der Waals surface area contributed by atoms with Gasteiger partial charge in [0.1, 0.15) is 5.75 Å². The van der Waals surface area contributed by atoms with E-state index in [0.717, 1.165) is 11.8 Å². The summed E-state index contributed by atoms with van der Waals surface area (Å²) < 4.78 is 34.5. The number of hydrogen-bond acceptors (Lipinski definition) is 7. The standard InChI is InChI=1S/C25H25N3O5S/c1-17-23-21(16-22(26-24(23)33-27-17)18-9-5-4-6-10-18)25(29)28(2)13-8-14-32-19-11-7-12-20(15-19)34(3,30)31/h4-7,9-12,15-16H,8,13-14H2,1-3H3. The van der Waals surface area contributed by atoms with Crippen molar-refractivity contribution in [2.45, 2.75) is 18.2 Å². The van der Waals surface area contributed by atoms with E-state index in [4.69, 9.17) is 9.26 Å². The van der Waals surface area contributed by atoms with Crippen LogP contribution in [0.25, 0.3) is 22.4 Å². The van der Waals surface area contributed by atoms with Crippen molar-refractivity contribution in [3.63, 3.8) is 0 Å². The molecule has 34 heavy (non-hydrogen) atoms. The van der Waals surface area contributed by atoms with E-state index in [1.807, 2.05) is 30.3 Å². The minimum atomic E-state index is -3.30. The number of carbonyl (C=O) groups excluding carboxylic acids is 1. The van der Waals surface area contributed by atoms with Crippen molar-refractivity contribution in [3.8, 4) is 17.0 Å². The summed E-state index contributed by atoms with van der Waals surface area (Å²) in [5, 5.41) is 4.60. The van der Waals surface area contributed by atoms with Gasteiger partial charge in [0.05, 0.1) is 33.8 Å². The maximum atomic E-state index is 13.3. The molecule has 0 bridgehead atoms. The highest BCUT2D eigenvalue weighted by Crippen LogP contribution is 2.28. The zero-order chi connectivity index (χ0) is 24.3. The third kappa shape index (κ3) is 5.09. The van der Waals surface area contributed by atoms with Crippen molar-refractivity contribution in [1.82, 2.24) is 15.0 Å². The molecule has 0 spiro atoms. The highest BCUT2D eigenvalue weighted by atomic mass is 32.2. The summed E-state index contributed by atoms with van der Waals surface area (Å²) in [5.74, 6) is 0.301. The van der Waals surface area contributed by atoms with E-state index in [9.17, 15) is 13.2 Å². The molecule has 0 unspecified atom stereocenters. The van der Waals surface area contributed by atoms with E-state index in [-0.39, 0.29) is 10.8 Å². The number of amides is 1. The minimum Gasteiger partial charge on any atom is -0.493 e. The lowest BCUT2D eigenvalue weighted by molar-refractivity contribution is 0.0789. The maximum Gasteiger partial charge on any atom is 0.259 e. The Kier molecular flexibility index (Phi) is 6.65. The number of ether oxygens (including phenoxy) is 1. The fraction of sp³-hybridized carbons (Fsp3) is 0.240. The van der Waals surface area contributed by atoms with Crippen LogP contribution >= 0.6 is 0 Å². The number of carbonyl (C=O) groups is 1. The van der Waals surface area contributed by atoms with Gasteiger partial charge in [0.25, 0.3) is 11.6 Å². The number of hydrogen-bond donors (Lipinski definition) is 0. The molecule has 0 aliphatic rings. The summed E-state index contributed by atoms with van der Waals surface area (Å²) in [4.78, 5) is 19.7. The fourth-order valence-corrected chi connectivity index (χ4v) is 4.27. The fourth-order valence-electron chi connectivity index (χ4n) is 3.61. The van der Waals surface area contributed by atoms with Gasteiger partial charge in [-0.2, -0.15) is 0 Å². The largest absolute Gasteiger partial charge is 0.493 e. The second-order valence-electron chi connectivity index (χ2n) is 8.04. The van der Waals surface area contributed by atoms with Crippen molar-refractivity contribution in [3.05, 3.63) is 71.9 Å². The number of sulfone groups is 1. The SMILES string of the molecule is Cc1noc2nc(-c3ccccc3)cc(C(=O)N(C)CCCOc3cccc(S(C)(=O)=O)c3)c12. The molecule has 9 heteroatoms. The molecule has 0 saturated carbocycles. The van der Waals surface area contributed by atoms with Crippen LogP contribution in [0.2, 0.25) is 0 Å². The Balaban J connectivity index is 1.46. The molecule has 1 amide bonds. The second kappa shape index (κ2) is 9.64. The van der Waals surface area contributed by atoms with Gasteiger partial charge in [-0.15, -0.1) is 0 Å². The van der Waals surface area contributed by atoms with E-state index in [0.29, 0.717) is 53.4 Å². The molecule has 2 heterocycles. The molecule has 4 rings (SSSR count). The summed E-state index contributed by atoms with van der Waals surface area (Å²) in [6.45, 7) is 2.56. The highest BCUT2D eigenvalue weighted by Gasteiger charge is 2.21. The van der Waals surface area contributed by atoms with Crippen LogP contribution in [0.5, 0.6) is 5.75 Å². The van der Waals surface area contributed by atoms with Crippen molar-refractivity contribution in [2.75, 3.05) is 26.5 Å². The molecule has 0 fully saturated rings. The van der Waals surface area contributed by atoms with Gasteiger partial charge in [-0.05, 0) is 37.6 Å². The molecule has 2 aromatic carbocycles. The normalized spacial score (nSPS) is 11.5. The highest BCUT2D eigenvalue weighted by molar-refractivity contribution is 7.90. The van der Waals surface area contributed by atoms with Crippen LogP contribution in [0.1, 0.15) is 22.5 Å². The Labute approximate surface area is 198 Å². The number of aryl methyl sites for hydroxylation is 1. The number of aromatic nitrogens is 2. The first-order valence-electron chi connectivity index (χ1n) is 10.7. The van der Waals surface area contributed by atoms with Gasteiger partial charge in [-0.3, -0.25) is 4.79 Å². The van der Waals surface area contributed by atoms with Gasteiger partial charge in [0.15, 0.2) is 9.84 Å². The van der Waals surface area contributed by atoms with Crippen LogP contribution in [-0.2, 0) is 9.84 Å². The monoisotopic (exact) mass is 479 g/mol. The summed E-state index contributed by atoms with van der Waals surface area (Å²) in [6.07, 6.45) is 1.72. The van der Waals surface area contributed by atoms with Crippen LogP contribution in [0, 0.1) is 6.92 Å². The van der Waals surface area contributed by atoms with Gasteiger partial charge >= 0.3 is 0 Å². The summed E-state index contributed by atoms with van der Waals surface area (Å²) in [6, 6.07) is 17.7. The van der Waals surface area contributed by atoms with Gasteiger partial charge in [-0.1, -0.05) is 41.6 Å². The molecule has 8 nitrogen and oxygen atoms in total. The Morgan fingerprint density at radius 2 is 1.85 bits per heavy atom. The average Bonchev–Trinajstić information content (AvgIpc) is 3.21. The molecule has 0 aliphatic carbocycles. The smallest absolute Gasteiger partial charge is 0.259 e. The number of nitrogens with zero attached hydrogens (tertiary/aromatic N) is 3. The quantitative estimate of drug-likeness (QED) is 0.350. The second-order valence-corrected chi connectivity index (χ2v) is 10.1. The van der Waals surface area contributed by atoms with Gasteiger partial charge in [-0.25, -0.2) is 13.4 Å². The predicted molar refractivity (Wildman–Crippen MR) is 129 cm³/mol. The average molecular weight is 480 g/mol. The number of pyridine rings is 1. The van der Waals surface area contributed by atoms with Gasteiger partial charge in [0, 0.05) is 25.4 Å². The Bertz CT molecular complexity index is 1430. The topological polar surface area (TPSA) is 103 Å². The molecule has 0 saturated heterocycles. The number of fused-ring (bicyclic) bond motifs is 1. The number of benzene rings is 2. The molecule has 0 atom stereocenters. The van der Waals surface area contributed by atoms with Gasteiger partial charge in [0.2, 0.25) is 0 Å². The van der Waals surface area contributed by atoms with Crippen LogP contribution in [-0.4, -0.2) is 55.8 Å². The van der Waals surface area contributed by atoms with E-state index < -0.39 is 9.84 Å². The molecular formula is C25H25N3O5S. The number of rotatable bonds is 8. The van der Waals surface area contributed by atoms with Crippen molar-refractivity contribution >= 4 is 26.8 Å². The van der Waals surface area contributed by atoms with E-state index in [1.54, 1.807) is 37.1 Å². The minimum absolute atomic E-state index is 0.171. The predicted octanol–water partition coefficient (Wildman–Crippen LogP) is 4.14. The van der Waals surface area contributed by atoms with Crippen LogP contribution < -0.4 is 4.74 Å². The molecule has 2 aromatic heterocycles. The zero-order valence-electron chi connectivity index (χ0n) is 19.2. The summed E-state index contributed by atoms with van der Waals surface area (Å²) in [7, 11) is -1.58. The third-order valence-corrected chi connectivity index (χ3v) is 6.51. The molecule has 0 aliphatic heterocycles. The van der Waals surface area contributed by atoms with E-state index in [2.05, 4.69) is 10.1 Å². The zero-order valence-corrected chi connectivity index (χ0v) is 20.0. The molecule has 0 N–H and O–H groups in total. The Morgan fingerprint density at radius 3 is 2.59 bits per heavy atom. The van der Waals surface area contributed by atoms with Crippen molar-refractivity contribution in [1.29, 1.82) is 0 Å². The third-order valence-electron chi connectivity index (χ3n) is 5.40. The first-order valence-corrected chi connectivity index (χ1v) is 12.6. The molecule has 0 radical (unpaired) electrons. The van der Waals surface area contributed by atoms with E-state index in [1.165, 1.54) is 12.1 Å². The lowest BCUT2D eigenvalue weighted by Crippen LogP contribution is -2.29. The molecular weight excluding hydrogens is 454 g/mol. The van der Waals surface area contributed by atoms with Crippen LogP contribution in [0.15, 0.2) is 70.1 Å². The molecule has 176 valence electrons. The Hall–Kier alpha value is -3.72. The van der Waals surface area contributed by atoms with E-state index >= 15 is 0 Å². The lowest BCUT2D eigenvalue weighted by atomic mass is 10.0. The maximum absolute atomic E-state index is 13.3. The van der Waals surface area contributed by atoms with Crippen LogP contribution in [0.4, 0.5) is 0 Å². The van der Waals surface area contributed by atoms with Gasteiger partial charge < -0.3 is 14.2 Å². The lowest BCUT2D eigenvalue weighted by Gasteiger charge is -2.18. The van der Waals surface area contributed by atoms with Crippen LogP contribution in [0.3, 0.4) is 0 Å². The summed E-state index contributed by atoms with van der Waals surface area (Å²) >= 11 is 0. The first kappa shape index (κ1) is 23.4. The van der Waals surface area contributed by atoms with Crippen molar-refractivity contribution in [2.24, 2.45) is 0 Å². The first-order chi connectivity index (χ1) is 16.2. The molecule has 4 aromatic rings.